The second-order valence-electron chi connectivity index (χ2n) is 8.04. The van der Waals surface area contributed by atoms with E-state index in [2.05, 4.69) is 15.0 Å². The first kappa shape index (κ1) is 21.3. The zero-order valence-electron chi connectivity index (χ0n) is 19.1. The van der Waals surface area contributed by atoms with Gasteiger partial charge in [-0.3, -0.25) is 10.7 Å². The zero-order chi connectivity index (χ0) is 23.8. The molecule has 0 aliphatic carbocycles. The molecular formula is C25H24N7O2+. The highest BCUT2D eigenvalue weighted by molar-refractivity contribution is 5.88. The summed E-state index contributed by atoms with van der Waals surface area (Å²) in [6.45, 7) is 4.05. The molecule has 0 fully saturated rings. The minimum Gasteiger partial charge on any atom is -0.481 e. The standard InChI is InChI=1S/C25H23N7O2/c1-15-12-18(13-16(2)27-15)21-22(17-8-5-4-6-9-17)29-24(26)32-23(21)30-31(25(32)33)14-19-10-7-11-20(28-19)34-3/h4-13H,14H2,1-3H3,(H2,26,29)/p+1. The third-order valence-corrected chi connectivity index (χ3v) is 5.54. The van der Waals surface area contributed by atoms with Crippen molar-refractivity contribution in [1.82, 2.24) is 24.1 Å². The Morgan fingerprint density at radius 2 is 1.71 bits per heavy atom. The van der Waals surface area contributed by atoms with Gasteiger partial charge in [0.2, 0.25) is 11.5 Å². The van der Waals surface area contributed by atoms with Crippen LogP contribution in [-0.4, -0.2) is 31.3 Å². The highest BCUT2D eigenvalue weighted by Gasteiger charge is 2.26. The van der Waals surface area contributed by atoms with Gasteiger partial charge < -0.3 is 4.74 Å². The number of nitrogen functional groups attached to an aromatic ring is 1. The van der Waals surface area contributed by atoms with Gasteiger partial charge in [-0.1, -0.05) is 36.4 Å². The fourth-order valence-electron chi connectivity index (χ4n) is 4.13. The second-order valence-corrected chi connectivity index (χ2v) is 8.04. The molecule has 5 aromatic rings. The molecule has 3 N–H and O–H groups in total. The highest BCUT2D eigenvalue weighted by atomic mass is 16.5. The first-order valence-corrected chi connectivity index (χ1v) is 10.8. The molecule has 0 aliphatic heterocycles. The lowest BCUT2D eigenvalue weighted by Crippen LogP contribution is -2.28. The van der Waals surface area contributed by atoms with E-state index in [9.17, 15) is 4.79 Å². The van der Waals surface area contributed by atoms with Crippen LogP contribution in [0.25, 0.3) is 28.0 Å². The molecule has 170 valence electrons. The molecule has 9 heteroatoms. The van der Waals surface area contributed by atoms with Gasteiger partial charge in [0, 0.05) is 23.0 Å². The molecule has 5 rings (SSSR count). The number of H-pyrrole nitrogens is 1. The third-order valence-electron chi connectivity index (χ3n) is 5.54. The first-order valence-electron chi connectivity index (χ1n) is 10.8. The number of ether oxygens (including phenoxy) is 1. The molecule has 34 heavy (non-hydrogen) atoms. The van der Waals surface area contributed by atoms with Crippen molar-refractivity contribution in [2.45, 2.75) is 20.4 Å². The number of aromatic amines is 1. The minimum absolute atomic E-state index is 0.172. The Morgan fingerprint density at radius 3 is 2.41 bits per heavy atom. The maximum atomic E-state index is 13.4. The van der Waals surface area contributed by atoms with E-state index in [-0.39, 0.29) is 18.2 Å². The number of fused-ring (bicyclic) bond motifs is 1. The smallest absolute Gasteiger partial charge is 0.411 e. The molecule has 0 atom stereocenters. The summed E-state index contributed by atoms with van der Waals surface area (Å²) in [5, 5.41) is 4.71. The van der Waals surface area contributed by atoms with Crippen LogP contribution < -0.4 is 21.1 Å². The number of aromatic nitrogens is 6. The summed E-state index contributed by atoms with van der Waals surface area (Å²) in [4.78, 5) is 25.5. The molecule has 0 radical (unpaired) electrons. The van der Waals surface area contributed by atoms with E-state index >= 15 is 0 Å². The number of nitrogens with zero attached hydrogens (tertiary/aromatic N) is 5. The predicted octanol–water partition coefficient (Wildman–Crippen LogP) is 2.69. The van der Waals surface area contributed by atoms with Gasteiger partial charge in [0.1, 0.15) is 5.69 Å². The van der Waals surface area contributed by atoms with Crippen molar-refractivity contribution < 1.29 is 9.72 Å². The van der Waals surface area contributed by atoms with Crippen LogP contribution in [-0.2, 0) is 6.54 Å². The fourth-order valence-corrected chi connectivity index (χ4v) is 4.13. The number of anilines is 1. The third kappa shape index (κ3) is 3.77. The number of aryl methyl sites for hydroxylation is 2. The largest absolute Gasteiger partial charge is 0.481 e. The molecule has 0 bridgehead atoms. The minimum atomic E-state index is -0.364. The van der Waals surface area contributed by atoms with Gasteiger partial charge in [-0.15, -0.1) is 9.50 Å². The van der Waals surface area contributed by atoms with Gasteiger partial charge in [-0.2, -0.15) is 4.68 Å². The van der Waals surface area contributed by atoms with Crippen molar-refractivity contribution in [2.24, 2.45) is 0 Å². The number of pyridine rings is 2. The quantitative estimate of drug-likeness (QED) is 0.437. The van der Waals surface area contributed by atoms with Gasteiger partial charge in [0.15, 0.2) is 0 Å². The Balaban J connectivity index is 1.79. The Morgan fingerprint density at radius 1 is 0.971 bits per heavy atom. The van der Waals surface area contributed by atoms with E-state index in [1.165, 1.54) is 9.08 Å². The first-order chi connectivity index (χ1) is 16.4. The van der Waals surface area contributed by atoms with E-state index < -0.39 is 0 Å². The van der Waals surface area contributed by atoms with E-state index in [1.807, 2.05) is 68.4 Å². The predicted molar refractivity (Wildman–Crippen MR) is 128 cm³/mol. The van der Waals surface area contributed by atoms with Gasteiger partial charge >= 0.3 is 11.6 Å². The summed E-state index contributed by atoms with van der Waals surface area (Å²) in [5.74, 6) is 0.659. The number of nitrogens with one attached hydrogen (secondary N) is 1. The molecule has 0 unspecified atom stereocenters. The van der Waals surface area contributed by atoms with Gasteiger partial charge in [0.05, 0.1) is 24.9 Å². The molecule has 0 spiro atoms. The van der Waals surface area contributed by atoms with E-state index in [4.69, 9.17) is 15.6 Å². The molecule has 1 aromatic carbocycles. The molecular weight excluding hydrogens is 430 g/mol. The Bertz CT molecular complexity index is 1550. The highest BCUT2D eigenvalue weighted by Crippen LogP contribution is 2.32. The second kappa shape index (κ2) is 8.43. The van der Waals surface area contributed by atoms with Crippen LogP contribution in [0.2, 0.25) is 0 Å². The van der Waals surface area contributed by atoms with E-state index in [0.717, 1.165) is 33.8 Å². The molecule has 0 saturated carbocycles. The number of methoxy groups -OCH3 is 1. The fraction of sp³-hybridized carbons (Fsp3) is 0.160. The number of benzene rings is 1. The van der Waals surface area contributed by atoms with Gasteiger partial charge in [-0.05, 0) is 37.6 Å². The molecule has 4 heterocycles. The SMILES string of the molecule is COc1cccc(Cn2nc3c(-c4cc(C)nc(C)c4)c(-c4ccccc4)[nH+]c(N)n3c2=O)n1. The van der Waals surface area contributed by atoms with Crippen LogP contribution in [0.1, 0.15) is 17.1 Å². The lowest BCUT2D eigenvalue weighted by atomic mass is 9.99. The molecule has 0 amide bonds. The van der Waals surface area contributed by atoms with Crippen molar-refractivity contribution in [2.75, 3.05) is 12.8 Å². The van der Waals surface area contributed by atoms with Crippen molar-refractivity contribution in [3.8, 4) is 28.3 Å². The summed E-state index contributed by atoms with van der Waals surface area (Å²) in [5.41, 5.74) is 12.2. The number of hydrogen-bond acceptors (Lipinski definition) is 6. The van der Waals surface area contributed by atoms with E-state index in [1.54, 1.807) is 13.2 Å². The Kier molecular flexibility index (Phi) is 5.29. The zero-order valence-corrected chi connectivity index (χ0v) is 19.1. The van der Waals surface area contributed by atoms with Crippen molar-refractivity contribution in [3.63, 3.8) is 0 Å². The summed E-state index contributed by atoms with van der Waals surface area (Å²) >= 11 is 0. The topological polar surface area (TPSA) is 114 Å². The van der Waals surface area contributed by atoms with Crippen molar-refractivity contribution in [3.05, 3.63) is 88.2 Å². The average molecular weight is 455 g/mol. The number of rotatable bonds is 5. The van der Waals surface area contributed by atoms with Crippen LogP contribution in [0.3, 0.4) is 0 Å². The molecule has 4 aromatic heterocycles. The van der Waals surface area contributed by atoms with E-state index in [0.29, 0.717) is 17.2 Å². The summed E-state index contributed by atoms with van der Waals surface area (Å²) in [7, 11) is 1.55. The van der Waals surface area contributed by atoms with Crippen LogP contribution in [0, 0.1) is 13.8 Å². The van der Waals surface area contributed by atoms with Gasteiger partial charge in [-0.25, -0.2) is 14.8 Å². The van der Waals surface area contributed by atoms with Crippen molar-refractivity contribution >= 4 is 11.6 Å². The lowest BCUT2D eigenvalue weighted by molar-refractivity contribution is -0.351. The Labute approximate surface area is 195 Å². The van der Waals surface area contributed by atoms with Crippen molar-refractivity contribution in [1.29, 1.82) is 0 Å². The molecule has 0 aliphatic rings. The molecule has 9 nitrogen and oxygen atoms in total. The summed E-state index contributed by atoms with van der Waals surface area (Å²) < 4.78 is 7.97. The monoisotopic (exact) mass is 454 g/mol. The summed E-state index contributed by atoms with van der Waals surface area (Å²) in [6.07, 6.45) is 0. The maximum absolute atomic E-state index is 13.4. The van der Waals surface area contributed by atoms with Crippen LogP contribution >= 0.6 is 0 Å². The average Bonchev–Trinajstić information content (AvgIpc) is 3.15. The normalized spacial score (nSPS) is 11.1. The van der Waals surface area contributed by atoms with Gasteiger partial charge in [0.25, 0.3) is 0 Å². The van der Waals surface area contributed by atoms with Crippen LogP contribution in [0.15, 0.2) is 65.5 Å². The lowest BCUT2D eigenvalue weighted by Gasteiger charge is -2.10. The van der Waals surface area contributed by atoms with Crippen LogP contribution in [0.5, 0.6) is 5.88 Å². The molecule has 0 saturated heterocycles. The Hall–Kier alpha value is -4.53. The maximum Gasteiger partial charge on any atom is 0.411 e. The summed E-state index contributed by atoms with van der Waals surface area (Å²) in [6, 6.07) is 19.2. The number of hydrogen-bond donors (Lipinski definition) is 1. The van der Waals surface area contributed by atoms with Crippen LogP contribution in [0.4, 0.5) is 5.95 Å². The number of nitrogens with two attached hydrogens (primary N) is 1.